The van der Waals surface area contributed by atoms with E-state index in [-0.39, 0.29) is 0 Å². The van der Waals surface area contributed by atoms with E-state index in [0.717, 1.165) is 16.7 Å². The molecule has 0 radical (unpaired) electrons. The van der Waals surface area contributed by atoms with E-state index in [0.29, 0.717) is 5.15 Å². The molecular weight excluding hydrogens is 196 g/mol. The fourth-order valence-corrected chi connectivity index (χ4v) is 1.36. The van der Waals surface area contributed by atoms with Gasteiger partial charge in [0.2, 0.25) is 0 Å². The van der Waals surface area contributed by atoms with Crippen LogP contribution >= 0.6 is 11.6 Å². The first-order valence-corrected chi connectivity index (χ1v) is 4.68. The van der Waals surface area contributed by atoms with Crippen molar-refractivity contribution in [2.24, 2.45) is 0 Å². The molecule has 2 nitrogen and oxygen atoms in total. The van der Waals surface area contributed by atoms with E-state index >= 15 is 0 Å². The number of halogens is 1. The Morgan fingerprint density at radius 2 is 1.86 bits per heavy atom. The molecule has 0 fully saturated rings. The molecule has 0 atom stereocenters. The van der Waals surface area contributed by atoms with Crippen LogP contribution in [0.2, 0.25) is 5.15 Å². The highest BCUT2D eigenvalue weighted by atomic mass is 35.5. The lowest BCUT2D eigenvalue weighted by atomic mass is 10.1. The minimum atomic E-state index is 0.558. The summed E-state index contributed by atoms with van der Waals surface area (Å²) >= 11 is 5.84. The van der Waals surface area contributed by atoms with Crippen molar-refractivity contribution in [2.45, 2.75) is 6.92 Å². The van der Waals surface area contributed by atoms with Crippen LogP contribution in [0.25, 0.3) is 11.1 Å². The van der Waals surface area contributed by atoms with Crippen LogP contribution in [0, 0.1) is 6.92 Å². The average Bonchev–Trinajstić information content (AvgIpc) is 2.23. The highest BCUT2D eigenvalue weighted by Crippen LogP contribution is 2.21. The molecule has 2 heterocycles. The predicted molar refractivity (Wildman–Crippen MR) is 57.2 cm³/mol. The van der Waals surface area contributed by atoms with Crippen molar-refractivity contribution < 1.29 is 0 Å². The third kappa shape index (κ3) is 1.75. The number of hydrogen-bond donors (Lipinski definition) is 0. The molecule has 0 amide bonds. The van der Waals surface area contributed by atoms with Gasteiger partial charge in [0.15, 0.2) is 0 Å². The minimum Gasteiger partial charge on any atom is -0.265 e. The van der Waals surface area contributed by atoms with Gasteiger partial charge in [0.25, 0.3) is 0 Å². The first kappa shape index (κ1) is 9.16. The van der Waals surface area contributed by atoms with E-state index in [2.05, 4.69) is 9.97 Å². The van der Waals surface area contributed by atoms with Gasteiger partial charge in [0, 0.05) is 24.2 Å². The summed E-state index contributed by atoms with van der Waals surface area (Å²) in [7, 11) is 0. The number of aryl methyl sites for hydroxylation is 1. The van der Waals surface area contributed by atoms with Gasteiger partial charge in [-0.3, -0.25) is 4.98 Å². The first-order chi connectivity index (χ1) is 6.77. The van der Waals surface area contributed by atoms with Gasteiger partial charge in [0.05, 0.1) is 0 Å². The average molecular weight is 205 g/mol. The molecule has 70 valence electrons. The summed E-state index contributed by atoms with van der Waals surface area (Å²) in [6.45, 7) is 1.94. The zero-order chi connectivity index (χ0) is 9.97. The second kappa shape index (κ2) is 3.76. The second-order valence-corrected chi connectivity index (χ2v) is 3.43. The molecular formula is C11H9ClN2. The lowest BCUT2D eigenvalue weighted by Crippen LogP contribution is -1.84. The number of pyridine rings is 2. The van der Waals surface area contributed by atoms with E-state index in [1.807, 2.05) is 25.1 Å². The molecule has 0 aromatic carbocycles. The summed E-state index contributed by atoms with van der Waals surface area (Å²) in [5.41, 5.74) is 3.16. The van der Waals surface area contributed by atoms with E-state index in [4.69, 9.17) is 11.6 Å². The molecule has 2 aromatic heterocycles. The lowest BCUT2D eigenvalue weighted by Gasteiger charge is -2.02. The maximum absolute atomic E-state index is 5.84. The van der Waals surface area contributed by atoms with Crippen molar-refractivity contribution in [2.75, 3.05) is 0 Å². The van der Waals surface area contributed by atoms with Crippen molar-refractivity contribution in [3.63, 3.8) is 0 Å². The third-order valence-electron chi connectivity index (χ3n) is 2.03. The molecule has 14 heavy (non-hydrogen) atoms. The number of hydrogen-bond acceptors (Lipinski definition) is 2. The molecule has 2 rings (SSSR count). The molecule has 0 N–H and O–H groups in total. The van der Waals surface area contributed by atoms with Gasteiger partial charge in [0.1, 0.15) is 5.15 Å². The molecule has 2 aromatic rings. The Labute approximate surface area is 87.6 Å². The maximum atomic E-state index is 5.84. The molecule has 0 aliphatic carbocycles. The van der Waals surface area contributed by atoms with Crippen LogP contribution in [-0.2, 0) is 0 Å². The number of aromatic nitrogens is 2. The Morgan fingerprint density at radius 1 is 1.14 bits per heavy atom. The summed E-state index contributed by atoms with van der Waals surface area (Å²) in [5.74, 6) is 0. The maximum Gasteiger partial charge on any atom is 0.131 e. The molecule has 0 saturated heterocycles. The van der Waals surface area contributed by atoms with Crippen LogP contribution in [0.5, 0.6) is 0 Å². The smallest absolute Gasteiger partial charge is 0.131 e. The normalized spacial score (nSPS) is 10.1. The van der Waals surface area contributed by atoms with Crippen LogP contribution in [0.4, 0.5) is 0 Å². The number of nitrogens with zero attached hydrogens (tertiary/aromatic N) is 2. The topological polar surface area (TPSA) is 25.8 Å². The quantitative estimate of drug-likeness (QED) is 0.667. The minimum absolute atomic E-state index is 0.558. The van der Waals surface area contributed by atoms with Crippen LogP contribution < -0.4 is 0 Å². The van der Waals surface area contributed by atoms with Crippen LogP contribution in [0.15, 0.2) is 36.8 Å². The Morgan fingerprint density at radius 3 is 2.50 bits per heavy atom. The summed E-state index contributed by atoms with van der Waals surface area (Å²) in [6, 6.07) is 5.92. The number of rotatable bonds is 1. The largest absolute Gasteiger partial charge is 0.265 e. The standard InChI is InChI=1S/C11H9ClN2/c1-8-6-10(7-14-11(8)12)9-2-4-13-5-3-9/h2-7H,1H3. The molecule has 0 aliphatic rings. The fourth-order valence-electron chi connectivity index (χ4n) is 1.26. The predicted octanol–water partition coefficient (Wildman–Crippen LogP) is 3.11. The Hall–Kier alpha value is -1.41. The Kier molecular flexibility index (Phi) is 2.46. The second-order valence-electron chi connectivity index (χ2n) is 3.07. The summed E-state index contributed by atoms with van der Waals surface area (Å²) in [6.07, 6.45) is 5.29. The lowest BCUT2D eigenvalue weighted by molar-refractivity contribution is 1.26. The Bertz CT molecular complexity index is 440. The van der Waals surface area contributed by atoms with Crippen LogP contribution in [0.3, 0.4) is 0 Å². The van der Waals surface area contributed by atoms with Gasteiger partial charge in [-0.05, 0) is 36.2 Å². The van der Waals surface area contributed by atoms with Crippen molar-refractivity contribution in [3.05, 3.63) is 47.5 Å². The zero-order valence-electron chi connectivity index (χ0n) is 7.74. The van der Waals surface area contributed by atoms with Crippen LogP contribution in [-0.4, -0.2) is 9.97 Å². The van der Waals surface area contributed by atoms with Gasteiger partial charge in [-0.2, -0.15) is 0 Å². The van der Waals surface area contributed by atoms with E-state index in [9.17, 15) is 0 Å². The van der Waals surface area contributed by atoms with E-state index < -0.39 is 0 Å². The summed E-state index contributed by atoms with van der Waals surface area (Å²) < 4.78 is 0. The first-order valence-electron chi connectivity index (χ1n) is 4.30. The van der Waals surface area contributed by atoms with Crippen molar-refractivity contribution in [1.82, 2.24) is 9.97 Å². The van der Waals surface area contributed by atoms with Crippen molar-refractivity contribution >= 4 is 11.6 Å². The zero-order valence-corrected chi connectivity index (χ0v) is 8.49. The summed E-state index contributed by atoms with van der Waals surface area (Å²) in [4.78, 5) is 8.06. The SMILES string of the molecule is Cc1cc(-c2ccncc2)cnc1Cl. The van der Waals surface area contributed by atoms with Gasteiger partial charge < -0.3 is 0 Å². The molecule has 0 bridgehead atoms. The van der Waals surface area contributed by atoms with E-state index in [1.165, 1.54) is 0 Å². The van der Waals surface area contributed by atoms with Gasteiger partial charge in [-0.25, -0.2) is 4.98 Å². The van der Waals surface area contributed by atoms with Crippen molar-refractivity contribution in [3.8, 4) is 11.1 Å². The third-order valence-corrected chi connectivity index (χ3v) is 2.42. The van der Waals surface area contributed by atoms with Crippen LogP contribution in [0.1, 0.15) is 5.56 Å². The van der Waals surface area contributed by atoms with Gasteiger partial charge in [-0.1, -0.05) is 11.6 Å². The van der Waals surface area contributed by atoms with Gasteiger partial charge >= 0.3 is 0 Å². The molecule has 0 unspecified atom stereocenters. The molecule has 0 spiro atoms. The highest BCUT2D eigenvalue weighted by molar-refractivity contribution is 6.30. The Balaban J connectivity index is 2.48. The van der Waals surface area contributed by atoms with E-state index in [1.54, 1.807) is 18.6 Å². The van der Waals surface area contributed by atoms with Crippen molar-refractivity contribution in [1.29, 1.82) is 0 Å². The highest BCUT2D eigenvalue weighted by Gasteiger charge is 2.00. The monoisotopic (exact) mass is 204 g/mol. The summed E-state index contributed by atoms with van der Waals surface area (Å²) in [5, 5.41) is 0.558. The van der Waals surface area contributed by atoms with Gasteiger partial charge in [-0.15, -0.1) is 0 Å². The molecule has 3 heteroatoms. The molecule has 0 aliphatic heterocycles. The fraction of sp³-hybridized carbons (Fsp3) is 0.0909. The molecule has 0 saturated carbocycles.